The number of para-hydroxylation sites is 2. The highest BCUT2D eigenvalue weighted by Gasteiger charge is 2.08. The zero-order valence-electron chi connectivity index (χ0n) is 11.7. The van der Waals surface area contributed by atoms with Gasteiger partial charge in [-0.1, -0.05) is 46.7 Å². The molecule has 0 unspecified atom stereocenters. The zero-order valence-corrected chi connectivity index (χ0v) is 14.1. The lowest BCUT2D eigenvalue weighted by atomic mass is 10.2. The molecule has 0 fully saturated rings. The summed E-state index contributed by atoms with van der Waals surface area (Å²) in [5.41, 5.74) is 3.35. The van der Waals surface area contributed by atoms with Crippen LogP contribution in [0.5, 0.6) is 0 Å². The van der Waals surface area contributed by atoms with E-state index in [9.17, 15) is 0 Å². The number of imidazole rings is 1. The summed E-state index contributed by atoms with van der Waals surface area (Å²) in [6, 6.07) is 14.5. The third-order valence-electron chi connectivity index (χ3n) is 3.16. The van der Waals surface area contributed by atoms with E-state index >= 15 is 0 Å². The number of aromatic nitrogens is 2. The van der Waals surface area contributed by atoms with Gasteiger partial charge in [-0.15, -0.1) is 0 Å². The molecule has 21 heavy (non-hydrogen) atoms. The van der Waals surface area contributed by atoms with Crippen molar-refractivity contribution in [2.24, 2.45) is 0 Å². The van der Waals surface area contributed by atoms with E-state index in [-0.39, 0.29) is 0 Å². The number of aromatic amines is 1. The van der Waals surface area contributed by atoms with Gasteiger partial charge in [0.05, 0.1) is 11.0 Å². The minimum atomic E-state index is 0.860. The van der Waals surface area contributed by atoms with Crippen LogP contribution in [0, 0.1) is 0 Å². The van der Waals surface area contributed by atoms with Crippen LogP contribution in [-0.2, 0) is 6.54 Å². The van der Waals surface area contributed by atoms with Gasteiger partial charge in [0.1, 0.15) is 0 Å². The Bertz CT molecular complexity index is 721. The largest absolute Gasteiger partial charge is 0.333 e. The predicted octanol–water partition coefficient (Wildman–Crippen LogP) is 4.59. The maximum atomic E-state index is 4.63. The second-order valence-electron chi connectivity index (χ2n) is 4.69. The van der Waals surface area contributed by atoms with Crippen molar-refractivity contribution in [3.8, 4) is 0 Å². The molecule has 0 aliphatic heterocycles. The van der Waals surface area contributed by atoms with Gasteiger partial charge in [-0.3, -0.25) is 0 Å². The van der Waals surface area contributed by atoms with Gasteiger partial charge in [0.25, 0.3) is 0 Å². The molecule has 0 aliphatic carbocycles. The molecule has 0 spiro atoms. The Kier molecular flexibility index (Phi) is 4.63. The number of rotatable bonds is 5. The monoisotopic (exact) mass is 361 g/mol. The van der Waals surface area contributed by atoms with E-state index in [1.807, 2.05) is 24.3 Å². The fraction of sp³-hybridized carbons (Fsp3) is 0.188. The highest BCUT2D eigenvalue weighted by molar-refractivity contribution is 9.10. The molecule has 5 heteroatoms. The van der Waals surface area contributed by atoms with Crippen LogP contribution in [0.3, 0.4) is 0 Å². The highest BCUT2D eigenvalue weighted by Crippen LogP contribution is 2.31. The summed E-state index contributed by atoms with van der Waals surface area (Å²) in [6.07, 6.45) is 0. The Morgan fingerprint density at radius 3 is 2.90 bits per heavy atom. The number of hydrogen-bond acceptors (Lipinski definition) is 3. The van der Waals surface area contributed by atoms with Crippen molar-refractivity contribution in [3.63, 3.8) is 0 Å². The number of nitrogens with zero attached hydrogens (tertiary/aromatic N) is 1. The molecule has 0 saturated heterocycles. The van der Waals surface area contributed by atoms with Crippen LogP contribution >= 0.6 is 27.7 Å². The summed E-state index contributed by atoms with van der Waals surface area (Å²) >= 11 is 5.21. The summed E-state index contributed by atoms with van der Waals surface area (Å²) in [7, 11) is 0. The Morgan fingerprint density at radius 2 is 2.10 bits per heavy atom. The first-order valence-electron chi connectivity index (χ1n) is 6.88. The van der Waals surface area contributed by atoms with E-state index in [0.717, 1.165) is 33.8 Å². The van der Waals surface area contributed by atoms with Crippen molar-refractivity contribution >= 4 is 38.7 Å². The van der Waals surface area contributed by atoms with E-state index in [1.54, 1.807) is 11.8 Å². The lowest BCUT2D eigenvalue weighted by Gasteiger charge is -2.09. The lowest BCUT2D eigenvalue weighted by Crippen LogP contribution is -2.12. The fourth-order valence-electron chi connectivity index (χ4n) is 2.13. The van der Waals surface area contributed by atoms with Gasteiger partial charge in [-0.05, 0) is 42.4 Å². The van der Waals surface area contributed by atoms with Crippen LogP contribution in [-0.4, -0.2) is 16.5 Å². The summed E-state index contributed by atoms with van der Waals surface area (Å²) in [5.74, 6) is 0. The number of halogens is 1. The molecule has 0 aliphatic rings. The SMILES string of the molecule is CCNCc1cc(Br)ccc1Sc1nc2ccccc2[nH]1. The highest BCUT2D eigenvalue weighted by atomic mass is 79.9. The van der Waals surface area contributed by atoms with Crippen LogP contribution in [0.4, 0.5) is 0 Å². The molecular weight excluding hydrogens is 346 g/mol. The van der Waals surface area contributed by atoms with E-state index in [0.29, 0.717) is 0 Å². The smallest absolute Gasteiger partial charge is 0.171 e. The molecule has 0 amide bonds. The molecule has 3 nitrogen and oxygen atoms in total. The Labute approximate surface area is 136 Å². The molecule has 1 aromatic heterocycles. The standard InChI is InChI=1S/C16H16BrN3S/c1-2-18-10-11-9-12(17)7-8-15(11)21-16-19-13-5-3-4-6-14(13)20-16/h3-9,18H,2,10H2,1H3,(H,19,20). The van der Waals surface area contributed by atoms with E-state index < -0.39 is 0 Å². The van der Waals surface area contributed by atoms with Crippen molar-refractivity contribution in [1.29, 1.82) is 0 Å². The van der Waals surface area contributed by atoms with Crippen molar-refractivity contribution in [2.45, 2.75) is 23.5 Å². The number of H-pyrrole nitrogens is 1. The second-order valence-corrected chi connectivity index (χ2v) is 6.64. The van der Waals surface area contributed by atoms with Crippen molar-refractivity contribution in [2.75, 3.05) is 6.54 Å². The lowest BCUT2D eigenvalue weighted by molar-refractivity contribution is 0.717. The summed E-state index contributed by atoms with van der Waals surface area (Å²) in [5, 5.41) is 4.31. The molecule has 3 aromatic rings. The molecule has 3 rings (SSSR count). The Balaban J connectivity index is 1.89. The van der Waals surface area contributed by atoms with Gasteiger partial charge in [0, 0.05) is 15.9 Å². The van der Waals surface area contributed by atoms with Crippen molar-refractivity contribution in [3.05, 3.63) is 52.5 Å². The average molecular weight is 362 g/mol. The Morgan fingerprint density at radius 1 is 1.24 bits per heavy atom. The molecule has 108 valence electrons. The summed E-state index contributed by atoms with van der Waals surface area (Å²) < 4.78 is 1.10. The van der Waals surface area contributed by atoms with Crippen LogP contribution in [0.1, 0.15) is 12.5 Å². The first-order chi connectivity index (χ1) is 10.3. The van der Waals surface area contributed by atoms with Crippen molar-refractivity contribution in [1.82, 2.24) is 15.3 Å². The van der Waals surface area contributed by atoms with Gasteiger partial charge in [-0.25, -0.2) is 4.98 Å². The third-order valence-corrected chi connectivity index (χ3v) is 4.66. The van der Waals surface area contributed by atoms with Crippen LogP contribution in [0.25, 0.3) is 11.0 Å². The van der Waals surface area contributed by atoms with Gasteiger partial charge in [-0.2, -0.15) is 0 Å². The Hall–Kier alpha value is -1.30. The van der Waals surface area contributed by atoms with Crippen LogP contribution in [0.2, 0.25) is 0 Å². The van der Waals surface area contributed by atoms with E-state index in [4.69, 9.17) is 0 Å². The summed E-state index contributed by atoms with van der Waals surface area (Å²) in [4.78, 5) is 9.21. The number of hydrogen-bond donors (Lipinski definition) is 2. The molecule has 1 heterocycles. The molecule has 2 N–H and O–H groups in total. The normalized spacial score (nSPS) is 11.1. The predicted molar refractivity (Wildman–Crippen MR) is 91.7 cm³/mol. The number of benzene rings is 2. The topological polar surface area (TPSA) is 40.7 Å². The van der Waals surface area contributed by atoms with Crippen LogP contribution < -0.4 is 5.32 Å². The minimum Gasteiger partial charge on any atom is -0.333 e. The second kappa shape index (κ2) is 6.64. The molecule has 0 radical (unpaired) electrons. The van der Waals surface area contributed by atoms with Gasteiger partial charge in [0.2, 0.25) is 0 Å². The zero-order chi connectivity index (χ0) is 14.7. The van der Waals surface area contributed by atoms with E-state index in [2.05, 4.69) is 56.3 Å². The first kappa shape index (κ1) is 14.6. The molecule has 0 atom stereocenters. The van der Waals surface area contributed by atoms with Gasteiger partial charge >= 0.3 is 0 Å². The maximum absolute atomic E-state index is 4.63. The quantitative estimate of drug-likeness (QED) is 0.698. The fourth-order valence-corrected chi connectivity index (χ4v) is 3.45. The van der Waals surface area contributed by atoms with E-state index in [1.165, 1.54) is 10.5 Å². The third kappa shape index (κ3) is 3.48. The number of nitrogens with one attached hydrogen (secondary N) is 2. The molecular formula is C16H16BrN3S. The summed E-state index contributed by atoms with van der Waals surface area (Å²) in [6.45, 7) is 3.93. The van der Waals surface area contributed by atoms with Crippen LogP contribution in [0.15, 0.2) is 57.0 Å². The van der Waals surface area contributed by atoms with Gasteiger partial charge in [0.15, 0.2) is 5.16 Å². The molecule has 0 saturated carbocycles. The molecule has 0 bridgehead atoms. The van der Waals surface area contributed by atoms with Crippen molar-refractivity contribution < 1.29 is 0 Å². The molecule has 2 aromatic carbocycles. The first-order valence-corrected chi connectivity index (χ1v) is 8.49. The number of fused-ring (bicyclic) bond motifs is 1. The van der Waals surface area contributed by atoms with Gasteiger partial charge < -0.3 is 10.3 Å². The minimum absolute atomic E-state index is 0.860. The average Bonchev–Trinajstić information content (AvgIpc) is 2.89. The maximum Gasteiger partial charge on any atom is 0.171 e.